The van der Waals surface area contributed by atoms with E-state index in [0.717, 1.165) is 5.56 Å². The van der Waals surface area contributed by atoms with Gasteiger partial charge in [-0.25, -0.2) is 0 Å². The van der Waals surface area contributed by atoms with Crippen molar-refractivity contribution in [1.29, 1.82) is 0 Å². The molecule has 0 aromatic heterocycles. The highest BCUT2D eigenvalue weighted by atomic mass is 16.7. The second-order valence-electron chi connectivity index (χ2n) is 6.32. The van der Waals surface area contributed by atoms with Crippen LogP contribution in [-0.4, -0.2) is 89.8 Å². The van der Waals surface area contributed by atoms with Gasteiger partial charge in [0.1, 0.15) is 24.4 Å². The molecule has 9 heteroatoms. The number of hydrogen-bond acceptors (Lipinski definition) is 9. The Balaban J connectivity index is 1.94. The van der Waals surface area contributed by atoms with Crippen LogP contribution in [0.15, 0.2) is 18.2 Å². The zero-order valence-corrected chi connectivity index (χ0v) is 15.2. The molecule has 0 bridgehead atoms. The average molecular weight is 388 g/mol. The molecule has 1 heterocycles. The molecule has 1 aliphatic heterocycles. The molecule has 1 aromatic carbocycles. The van der Waals surface area contributed by atoms with E-state index in [0.29, 0.717) is 24.3 Å². The first-order chi connectivity index (χ1) is 13.0. The molecule has 9 nitrogen and oxygen atoms in total. The number of aliphatic hydroxyl groups is 5. The maximum absolute atomic E-state index is 9.87. The van der Waals surface area contributed by atoms with Crippen molar-refractivity contribution in [3.63, 3.8) is 0 Å². The Morgan fingerprint density at radius 2 is 1.93 bits per heavy atom. The molecule has 1 fully saturated rings. The van der Waals surface area contributed by atoms with Gasteiger partial charge >= 0.3 is 0 Å². The van der Waals surface area contributed by atoms with Gasteiger partial charge in [-0.05, 0) is 30.5 Å². The zero-order chi connectivity index (χ0) is 19.8. The lowest BCUT2D eigenvalue weighted by Gasteiger charge is -2.35. The molecule has 5 atom stereocenters. The van der Waals surface area contributed by atoms with Crippen LogP contribution in [-0.2, 0) is 15.9 Å². The van der Waals surface area contributed by atoms with Crippen molar-refractivity contribution in [3.05, 3.63) is 23.8 Å². The highest BCUT2D eigenvalue weighted by Gasteiger charge is 2.38. The number of aliphatic hydroxyl groups excluding tert-OH is 5. The molecule has 0 amide bonds. The Morgan fingerprint density at radius 1 is 1.15 bits per heavy atom. The Morgan fingerprint density at radius 3 is 2.59 bits per heavy atom. The Labute approximate surface area is 157 Å². The third kappa shape index (κ3) is 6.01. The summed E-state index contributed by atoms with van der Waals surface area (Å²) in [5.74, 6) is 0.893. The number of ether oxygens (including phenoxy) is 4. The number of methoxy groups -OCH3 is 1. The number of benzene rings is 1. The summed E-state index contributed by atoms with van der Waals surface area (Å²) in [7, 11) is 1.50. The van der Waals surface area contributed by atoms with Gasteiger partial charge in [-0.3, -0.25) is 0 Å². The smallest absolute Gasteiger partial charge is 0.186 e. The van der Waals surface area contributed by atoms with Crippen LogP contribution in [0.4, 0.5) is 0 Å². The second kappa shape index (κ2) is 10.8. The maximum atomic E-state index is 9.87. The first-order valence-electron chi connectivity index (χ1n) is 8.82. The van der Waals surface area contributed by atoms with Crippen LogP contribution in [0.1, 0.15) is 12.0 Å². The number of rotatable bonds is 10. The van der Waals surface area contributed by atoms with Gasteiger partial charge in [-0.2, -0.15) is 0 Å². The first kappa shape index (κ1) is 21.8. The first-order valence-corrected chi connectivity index (χ1v) is 8.82. The summed E-state index contributed by atoms with van der Waals surface area (Å²) < 4.78 is 21.6. The fraction of sp³-hybridized carbons (Fsp3) is 0.667. The van der Waals surface area contributed by atoms with Crippen LogP contribution >= 0.6 is 0 Å². The van der Waals surface area contributed by atoms with E-state index in [4.69, 9.17) is 24.1 Å². The second-order valence-corrected chi connectivity index (χ2v) is 6.32. The molecular formula is C18H28O9. The van der Waals surface area contributed by atoms with E-state index in [1.165, 1.54) is 7.11 Å². The van der Waals surface area contributed by atoms with Gasteiger partial charge in [0.2, 0.25) is 0 Å². The Bertz CT molecular complexity index is 568. The lowest BCUT2D eigenvalue weighted by Crippen LogP contribution is -2.54. The molecule has 0 unspecified atom stereocenters. The van der Waals surface area contributed by atoms with E-state index in [2.05, 4.69) is 0 Å². The minimum Gasteiger partial charge on any atom is -0.493 e. The molecule has 1 aliphatic rings. The van der Waals surface area contributed by atoms with Crippen LogP contribution < -0.4 is 9.47 Å². The summed E-state index contributed by atoms with van der Waals surface area (Å²) in [5.41, 5.74) is 0.983. The van der Waals surface area contributed by atoms with Crippen LogP contribution in [0.2, 0.25) is 0 Å². The van der Waals surface area contributed by atoms with E-state index in [9.17, 15) is 20.4 Å². The van der Waals surface area contributed by atoms with Gasteiger partial charge in [-0.1, -0.05) is 6.07 Å². The predicted molar refractivity (Wildman–Crippen MR) is 93.6 cm³/mol. The molecule has 154 valence electrons. The molecule has 0 saturated carbocycles. The highest BCUT2D eigenvalue weighted by molar-refractivity contribution is 5.43. The van der Waals surface area contributed by atoms with Gasteiger partial charge < -0.3 is 44.5 Å². The van der Waals surface area contributed by atoms with Crippen molar-refractivity contribution in [1.82, 2.24) is 0 Å². The maximum Gasteiger partial charge on any atom is 0.186 e. The van der Waals surface area contributed by atoms with Gasteiger partial charge in [-0.15, -0.1) is 0 Å². The third-order valence-corrected chi connectivity index (χ3v) is 4.25. The Kier molecular flexibility index (Phi) is 8.71. The normalized spacial score (nSPS) is 26.6. The van der Waals surface area contributed by atoms with E-state index in [1.807, 2.05) is 6.07 Å². The van der Waals surface area contributed by atoms with Gasteiger partial charge in [0.15, 0.2) is 17.8 Å². The summed E-state index contributed by atoms with van der Waals surface area (Å²) in [6, 6.07) is 5.35. The lowest BCUT2D eigenvalue weighted by atomic mass is 10.1. The fourth-order valence-corrected chi connectivity index (χ4v) is 2.68. The largest absolute Gasteiger partial charge is 0.493 e. The zero-order valence-electron chi connectivity index (χ0n) is 15.2. The summed E-state index contributed by atoms with van der Waals surface area (Å²) >= 11 is 0. The van der Waals surface area contributed by atoms with E-state index < -0.39 is 30.7 Å². The standard InChI is InChI=1S/C18H28O9/c1-24-15-7-11(3-2-6-19)4-5-14(15)27-12(8-20)9-25-18-17(23)16(22)13(21)10-26-18/h4-5,7,12-13,16-23H,2-3,6,8-10H2,1H3/t12-,13-,16+,17-,18-/m1/s1. The van der Waals surface area contributed by atoms with Crippen molar-refractivity contribution >= 4 is 0 Å². The lowest BCUT2D eigenvalue weighted by molar-refractivity contribution is -0.274. The molecule has 1 saturated heterocycles. The van der Waals surface area contributed by atoms with Crippen LogP contribution in [0.5, 0.6) is 11.5 Å². The number of hydrogen-bond donors (Lipinski definition) is 5. The van der Waals surface area contributed by atoms with Gasteiger partial charge in [0, 0.05) is 6.61 Å². The molecular weight excluding hydrogens is 360 g/mol. The van der Waals surface area contributed by atoms with Crippen LogP contribution in [0.25, 0.3) is 0 Å². The van der Waals surface area contributed by atoms with Crippen molar-refractivity contribution in [2.75, 3.05) is 33.5 Å². The summed E-state index contributed by atoms with van der Waals surface area (Å²) in [5, 5.41) is 47.4. The molecule has 2 rings (SSSR count). The van der Waals surface area contributed by atoms with Crippen molar-refractivity contribution in [3.8, 4) is 11.5 Å². The fourth-order valence-electron chi connectivity index (χ4n) is 2.68. The van der Waals surface area contributed by atoms with E-state index in [1.54, 1.807) is 12.1 Å². The molecule has 0 aliphatic carbocycles. The molecule has 0 radical (unpaired) electrons. The highest BCUT2D eigenvalue weighted by Crippen LogP contribution is 2.29. The van der Waals surface area contributed by atoms with Crippen LogP contribution in [0, 0.1) is 0 Å². The summed E-state index contributed by atoms with van der Waals surface area (Å²) in [6.07, 6.45) is -4.52. The monoisotopic (exact) mass is 388 g/mol. The predicted octanol–water partition coefficient (Wildman–Crippen LogP) is -1.18. The van der Waals surface area contributed by atoms with Crippen molar-refractivity contribution in [2.45, 2.75) is 43.5 Å². The van der Waals surface area contributed by atoms with Gasteiger partial charge in [0.25, 0.3) is 0 Å². The number of aryl methyl sites for hydroxylation is 1. The average Bonchev–Trinajstić information content (AvgIpc) is 2.69. The van der Waals surface area contributed by atoms with Gasteiger partial charge in [0.05, 0.1) is 26.9 Å². The summed E-state index contributed by atoms with van der Waals surface area (Å²) in [4.78, 5) is 0. The van der Waals surface area contributed by atoms with E-state index in [-0.39, 0.29) is 26.4 Å². The van der Waals surface area contributed by atoms with Crippen LogP contribution in [0.3, 0.4) is 0 Å². The van der Waals surface area contributed by atoms with Crippen molar-refractivity contribution in [2.24, 2.45) is 0 Å². The molecule has 27 heavy (non-hydrogen) atoms. The minimum atomic E-state index is -1.41. The van der Waals surface area contributed by atoms with E-state index >= 15 is 0 Å². The topological polar surface area (TPSA) is 138 Å². The SMILES string of the molecule is COc1cc(CCCO)ccc1O[C@H](CO)CO[C@@H]1OC[C@@H](O)[C@H](O)[C@H]1O. The quantitative estimate of drug-likeness (QED) is 0.335. The van der Waals surface area contributed by atoms with Crippen molar-refractivity contribution < 1.29 is 44.5 Å². The molecule has 1 aromatic rings. The minimum absolute atomic E-state index is 0.102. The molecule has 0 spiro atoms. The molecule has 5 N–H and O–H groups in total. The summed E-state index contributed by atoms with van der Waals surface area (Å²) in [6.45, 7) is -0.540. The Hall–Kier alpha value is -1.46. The third-order valence-electron chi connectivity index (χ3n) is 4.25.